The van der Waals surface area contributed by atoms with E-state index in [4.69, 9.17) is 14.7 Å². The van der Waals surface area contributed by atoms with Gasteiger partial charge in [0.25, 0.3) is 0 Å². The van der Waals surface area contributed by atoms with Crippen LogP contribution in [0.25, 0.3) is 22.4 Å². The van der Waals surface area contributed by atoms with E-state index in [0.717, 1.165) is 29.6 Å². The van der Waals surface area contributed by atoms with Gasteiger partial charge < -0.3 is 4.74 Å². The first-order valence-corrected chi connectivity index (χ1v) is 11.6. The summed E-state index contributed by atoms with van der Waals surface area (Å²) in [5, 5.41) is 7.59. The van der Waals surface area contributed by atoms with Crippen molar-refractivity contribution in [2.45, 2.75) is 57.5 Å². The van der Waals surface area contributed by atoms with Crippen LogP contribution >= 0.6 is 0 Å². The van der Waals surface area contributed by atoms with Crippen LogP contribution in [0.5, 0.6) is 0 Å². The Morgan fingerprint density at radius 1 is 0.941 bits per heavy atom. The van der Waals surface area contributed by atoms with Crippen molar-refractivity contribution in [2.24, 2.45) is 0 Å². The molecule has 0 unspecified atom stereocenters. The van der Waals surface area contributed by atoms with Crippen LogP contribution in [-0.4, -0.2) is 36.7 Å². The lowest BCUT2D eigenvalue weighted by Crippen LogP contribution is -2.21. The van der Waals surface area contributed by atoms with Crippen molar-refractivity contribution in [1.29, 1.82) is 0 Å². The van der Waals surface area contributed by atoms with Gasteiger partial charge >= 0.3 is 0 Å². The molecule has 1 aliphatic heterocycles. The van der Waals surface area contributed by atoms with Gasteiger partial charge in [-0.2, -0.15) is 5.10 Å². The molecule has 4 aromatic rings. The third-order valence-electron chi connectivity index (χ3n) is 6.75. The third-order valence-corrected chi connectivity index (χ3v) is 6.75. The van der Waals surface area contributed by atoms with E-state index < -0.39 is 11.6 Å². The molecule has 34 heavy (non-hydrogen) atoms. The van der Waals surface area contributed by atoms with Gasteiger partial charge in [-0.1, -0.05) is 0 Å². The summed E-state index contributed by atoms with van der Waals surface area (Å²) >= 11 is 0. The van der Waals surface area contributed by atoms with E-state index in [2.05, 4.69) is 26.2 Å². The molecule has 2 atom stereocenters. The van der Waals surface area contributed by atoms with Gasteiger partial charge in [-0.15, -0.1) is 0 Å². The number of benzene rings is 1. The quantitative estimate of drug-likeness (QED) is 0.447. The Hall–Kier alpha value is -3.33. The highest BCUT2D eigenvalue weighted by molar-refractivity contribution is 5.87. The van der Waals surface area contributed by atoms with Crippen molar-refractivity contribution in [1.82, 2.24) is 30.1 Å². The van der Waals surface area contributed by atoms with E-state index >= 15 is 0 Å². The van der Waals surface area contributed by atoms with E-state index in [0.29, 0.717) is 47.3 Å². The van der Waals surface area contributed by atoms with Gasteiger partial charge in [0, 0.05) is 30.1 Å². The van der Waals surface area contributed by atoms with E-state index in [1.165, 1.54) is 25.0 Å². The van der Waals surface area contributed by atoms with E-state index in [1.807, 2.05) is 13.8 Å². The molecular weight excluding hydrogens is 438 g/mol. The fourth-order valence-corrected chi connectivity index (χ4v) is 4.54. The molecule has 0 bridgehead atoms. The van der Waals surface area contributed by atoms with Crippen molar-refractivity contribution < 1.29 is 13.5 Å². The Morgan fingerprint density at radius 3 is 2.56 bits per heavy atom. The molecule has 6 rings (SSSR count). The van der Waals surface area contributed by atoms with Crippen LogP contribution in [0.15, 0.2) is 24.3 Å². The molecule has 4 heterocycles. The Kier molecular flexibility index (Phi) is 5.09. The van der Waals surface area contributed by atoms with Crippen molar-refractivity contribution >= 4 is 11.2 Å². The maximum Gasteiger partial charge on any atom is 0.182 e. The number of nitrogens with one attached hydrogen (secondary N) is 1. The largest absolute Gasteiger partial charge is 0.372 e. The molecule has 1 aliphatic carbocycles. The smallest absolute Gasteiger partial charge is 0.182 e. The predicted octanol–water partition coefficient (Wildman–Crippen LogP) is 5.22. The van der Waals surface area contributed by atoms with Crippen LogP contribution in [0.4, 0.5) is 8.78 Å². The second-order valence-electron chi connectivity index (χ2n) is 9.22. The second kappa shape index (κ2) is 8.16. The highest BCUT2D eigenvalue weighted by atomic mass is 19.1. The summed E-state index contributed by atoms with van der Waals surface area (Å²) in [6.07, 6.45) is 3.63. The maximum atomic E-state index is 14.8. The Bertz CT molecular complexity index is 1400. The molecule has 7 nitrogen and oxygen atoms in total. The number of aryl methyl sites for hydroxylation is 2. The van der Waals surface area contributed by atoms with Crippen molar-refractivity contribution in [3.8, 4) is 11.3 Å². The number of aromatic amines is 1. The third kappa shape index (κ3) is 3.83. The van der Waals surface area contributed by atoms with Crippen LogP contribution in [0.1, 0.15) is 72.2 Å². The minimum atomic E-state index is -0.694. The highest BCUT2D eigenvalue weighted by Crippen LogP contribution is 2.42. The summed E-state index contributed by atoms with van der Waals surface area (Å²) in [7, 11) is 0. The maximum absolute atomic E-state index is 14.8. The van der Waals surface area contributed by atoms with Crippen molar-refractivity contribution in [2.75, 3.05) is 6.61 Å². The second-order valence-corrected chi connectivity index (χ2v) is 9.22. The van der Waals surface area contributed by atoms with Gasteiger partial charge in [0.1, 0.15) is 28.7 Å². The normalized spacial score (nSPS) is 20.7. The van der Waals surface area contributed by atoms with E-state index in [9.17, 15) is 8.78 Å². The molecular formula is C25H24F2N6O. The number of H-pyrrole nitrogens is 1. The minimum Gasteiger partial charge on any atom is -0.372 e. The van der Waals surface area contributed by atoms with Gasteiger partial charge in [-0.3, -0.25) is 5.10 Å². The zero-order valence-corrected chi connectivity index (χ0v) is 19.0. The van der Waals surface area contributed by atoms with E-state index in [1.54, 1.807) is 0 Å². The van der Waals surface area contributed by atoms with Crippen LogP contribution in [0.2, 0.25) is 0 Å². The number of rotatable bonds is 4. The van der Waals surface area contributed by atoms with Crippen LogP contribution in [-0.2, 0) is 4.74 Å². The van der Waals surface area contributed by atoms with E-state index in [-0.39, 0.29) is 17.6 Å². The first kappa shape index (κ1) is 21.2. The van der Waals surface area contributed by atoms with Crippen molar-refractivity contribution in [3.05, 3.63) is 64.5 Å². The molecule has 2 fully saturated rings. The summed E-state index contributed by atoms with van der Waals surface area (Å²) in [5.74, 6) is -0.219. The topological polar surface area (TPSA) is 89.5 Å². The summed E-state index contributed by atoms with van der Waals surface area (Å²) in [6, 6.07) is 5.57. The molecule has 0 radical (unpaired) electrons. The standard InChI is InChI=1S/C25H24F2N6O/c1-12-13(2)29-25-23(28-12)22(17-6-5-16(26)10-18(17)27)30-24(31-25)15-7-8-34-21(9-15)20-11-19(32-33-20)14-3-4-14/h5-6,10-11,14-15,21H,3-4,7-9H2,1-2H3,(H,32,33)/t15-,21+/m0/s1. The number of halogens is 2. The number of ether oxygens (including phenoxy) is 1. The summed E-state index contributed by atoms with van der Waals surface area (Å²) in [4.78, 5) is 18.7. The Labute approximate surface area is 195 Å². The molecule has 0 spiro atoms. The molecule has 1 saturated carbocycles. The molecule has 3 aromatic heterocycles. The van der Waals surface area contributed by atoms with Crippen molar-refractivity contribution in [3.63, 3.8) is 0 Å². The van der Waals surface area contributed by atoms with Gasteiger partial charge in [-0.25, -0.2) is 28.7 Å². The van der Waals surface area contributed by atoms with Crippen LogP contribution in [0, 0.1) is 25.5 Å². The number of hydrogen-bond acceptors (Lipinski definition) is 6. The number of nitrogens with zero attached hydrogens (tertiary/aromatic N) is 5. The lowest BCUT2D eigenvalue weighted by atomic mass is 9.92. The Morgan fingerprint density at radius 2 is 1.76 bits per heavy atom. The molecule has 1 N–H and O–H groups in total. The summed E-state index contributed by atoms with van der Waals surface area (Å²) in [6.45, 7) is 4.25. The van der Waals surface area contributed by atoms with Gasteiger partial charge in [0.2, 0.25) is 0 Å². The lowest BCUT2D eigenvalue weighted by molar-refractivity contribution is 0.00146. The van der Waals surface area contributed by atoms with Gasteiger partial charge in [0.15, 0.2) is 5.65 Å². The molecule has 9 heteroatoms. The number of fused-ring (bicyclic) bond motifs is 1. The average Bonchev–Trinajstić information content (AvgIpc) is 3.56. The molecule has 174 valence electrons. The monoisotopic (exact) mass is 462 g/mol. The first-order valence-electron chi connectivity index (χ1n) is 11.6. The predicted molar refractivity (Wildman–Crippen MR) is 121 cm³/mol. The fourth-order valence-electron chi connectivity index (χ4n) is 4.54. The fraction of sp³-hybridized carbons (Fsp3) is 0.400. The molecule has 2 aliphatic rings. The van der Waals surface area contributed by atoms with Crippen LogP contribution in [0.3, 0.4) is 0 Å². The van der Waals surface area contributed by atoms with Gasteiger partial charge in [0.05, 0.1) is 28.9 Å². The first-order chi connectivity index (χ1) is 16.5. The summed E-state index contributed by atoms with van der Waals surface area (Å²) in [5.41, 5.74) is 4.84. The van der Waals surface area contributed by atoms with Gasteiger partial charge in [-0.05, 0) is 57.7 Å². The zero-order valence-electron chi connectivity index (χ0n) is 19.0. The Balaban J connectivity index is 1.41. The van der Waals surface area contributed by atoms with Crippen LogP contribution < -0.4 is 0 Å². The SMILES string of the molecule is Cc1nc2nc([C@H]3CCO[C@@H](c4cc(C5CC5)n[nH]4)C3)nc(-c3ccc(F)cc3F)c2nc1C. The highest BCUT2D eigenvalue weighted by Gasteiger charge is 2.32. The average molecular weight is 463 g/mol. The molecule has 1 aromatic carbocycles. The molecule has 0 amide bonds. The zero-order chi connectivity index (χ0) is 23.4. The number of hydrogen-bond donors (Lipinski definition) is 1. The minimum absolute atomic E-state index is 0.0125. The molecule has 1 saturated heterocycles. The number of aromatic nitrogens is 6. The summed E-state index contributed by atoms with van der Waals surface area (Å²) < 4.78 is 34.4. The lowest BCUT2D eigenvalue weighted by Gasteiger charge is -2.28.